The number of nitrogens with one attached hydrogen (secondary N) is 1. The quantitative estimate of drug-likeness (QED) is 0.729. The Hall–Kier alpha value is -0.580. The summed E-state index contributed by atoms with van der Waals surface area (Å²) in [6, 6.07) is 0.751. The minimum Gasteiger partial charge on any atom is -0.338 e. The molecule has 0 spiro atoms. The Morgan fingerprint density at radius 3 is 2.44 bits per heavy atom. The number of imidazole rings is 1. The minimum atomic E-state index is -1.80. The second kappa shape index (κ2) is 3.72. The zero-order valence-corrected chi connectivity index (χ0v) is 10.2. The fraction of sp³-hybridized carbons (Fsp3) is 0.222. The zero-order chi connectivity index (χ0) is 12.1. The minimum absolute atomic E-state index is 0.0415. The van der Waals surface area contributed by atoms with Gasteiger partial charge in [-0.3, -0.25) is 0 Å². The molecule has 1 aromatic carbocycles. The SMILES string of the molecule is Cc1c(F)cc(F)c2nc(C(Cl)(Cl)Cl)[nH]c12. The van der Waals surface area contributed by atoms with Gasteiger partial charge in [-0.25, -0.2) is 13.8 Å². The highest BCUT2D eigenvalue weighted by atomic mass is 35.6. The highest BCUT2D eigenvalue weighted by molar-refractivity contribution is 6.66. The van der Waals surface area contributed by atoms with Crippen molar-refractivity contribution in [2.45, 2.75) is 10.7 Å². The van der Waals surface area contributed by atoms with Crippen molar-refractivity contribution < 1.29 is 8.78 Å². The maximum Gasteiger partial charge on any atom is 0.248 e. The van der Waals surface area contributed by atoms with E-state index in [9.17, 15) is 8.78 Å². The molecule has 2 rings (SSSR count). The van der Waals surface area contributed by atoms with Gasteiger partial charge in [-0.05, 0) is 6.92 Å². The fourth-order valence-electron chi connectivity index (χ4n) is 1.36. The van der Waals surface area contributed by atoms with Crippen molar-refractivity contribution >= 4 is 45.8 Å². The van der Waals surface area contributed by atoms with Crippen LogP contribution in [0.25, 0.3) is 11.0 Å². The summed E-state index contributed by atoms with van der Waals surface area (Å²) in [6.45, 7) is 1.48. The van der Waals surface area contributed by atoms with Crippen LogP contribution in [-0.2, 0) is 3.79 Å². The number of aromatic nitrogens is 2. The lowest BCUT2D eigenvalue weighted by Crippen LogP contribution is -2.02. The molecule has 0 unspecified atom stereocenters. The van der Waals surface area contributed by atoms with Gasteiger partial charge in [0.1, 0.15) is 11.3 Å². The van der Waals surface area contributed by atoms with Crippen molar-refractivity contribution in [3.63, 3.8) is 0 Å². The Balaban J connectivity index is 2.80. The molecule has 1 heterocycles. The summed E-state index contributed by atoms with van der Waals surface area (Å²) in [4.78, 5) is 6.39. The maximum absolute atomic E-state index is 13.4. The van der Waals surface area contributed by atoms with Crippen LogP contribution in [0, 0.1) is 18.6 Å². The number of halogens is 5. The van der Waals surface area contributed by atoms with Gasteiger partial charge in [0.15, 0.2) is 11.6 Å². The number of H-pyrrole nitrogens is 1. The summed E-state index contributed by atoms with van der Waals surface area (Å²) in [5.41, 5.74) is 0.378. The molecule has 0 radical (unpaired) electrons. The molecule has 0 saturated carbocycles. The lowest BCUT2D eigenvalue weighted by atomic mass is 10.2. The predicted octanol–water partition coefficient (Wildman–Crippen LogP) is 3.98. The highest BCUT2D eigenvalue weighted by Crippen LogP contribution is 2.37. The summed E-state index contributed by atoms with van der Waals surface area (Å²) in [5.74, 6) is -1.51. The Labute approximate surface area is 105 Å². The van der Waals surface area contributed by atoms with Gasteiger partial charge < -0.3 is 4.98 Å². The Morgan fingerprint density at radius 1 is 1.25 bits per heavy atom. The van der Waals surface area contributed by atoms with Gasteiger partial charge in [0.2, 0.25) is 3.79 Å². The fourth-order valence-corrected chi connectivity index (χ4v) is 1.63. The van der Waals surface area contributed by atoms with Gasteiger partial charge in [0, 0.05) is 11.6 Å². The molecule has 16 heavy (non-hydrogen) atoms. The number of aryl methyl sites for hydroxylation is 1. The van der Waals surface area contributed by atoms with E-state index in [1.165, 1.54) is 6.92 Å². The van der Waals surface area contributed by atoms with Crippen LogP contribution in [0.2, 0.25) is 0 Å². The van der Waals surface area contributed by atoms with Crippen molar-refractivity contribution in [3.05, 3.63) is 29.1 Å². The average Bonchev–Trinajstić information content (AvgIpc) is 2.58. The smallest absolute Gasteiger partial charge is 0.248 e. The molecule has 0 aliphatic carbocycles. The van der Waals surface area contributed by atoms with Crippen molar-refractivity contribution in [2.75, 3.05) is 0 Å². The molecule has 0 fully saturated rings. The average molecular weight is 286 g/mol. The second-order valence-corrected chi connectivity index (χ2v) is 5.55. The van der Waals surface area contributed by atoms with Crippen LogP contribution < -0.4 is 0 Å². The Morgan fingerprint density at radius 2 is 1.88 bits per heavy atom. The number of hydrogen-bond donors (Lipinski definition) is 1. The largest absolute Gasteiger partial charge is 0.338 e. The molecule has 86 valence electrons. The summed E-state index contributed by atoms with van der Waals surface area (Å²) in [6.07, 6.45) is 0. The number of benzene rings is 1. The number of alkyl halides is 3. The van der Waals surface area contributed by atoms with Gasteiger partial charge in [-0.1, -0.05) is 34.8 Å². The molecule has 1 aromatic heterocycles. The number of nitrogens with zero attached hydrogens (tertiary/aromatic N) is 1. The first-order chi connectivity index (χ1) is 7.30. The Kier molecular flexibility index (Phi) is 2.77. The van der Waals surface area contributed by atoms with E-state index in [1.807, 2.05) is 0 Å². The first-order valence-electron chi connectivity index (χ1n) is 4.22. The molecule has 2 nitrogen and oxygen atoms in total. The highest BCUT2D eigenvalue weighted by Gasteiger charge is 2.28. The second-order valence-electron chi connectivity index (χ2n) is 3.27. The summed E-state index contributed by atoms with van der Waals surface area (Å²) >= 11 is 16.8. The molecule has 0 amide bonds. The molecular weight excluding hydrogens is 280 g/mol. The van der Waals surface area contributed by atoms with Gasteiger partial charge in [0.25, 0.3) is 0 Å². The van der Waals surface area contributed by atoms with E-state index in [1.54, 1.807) is 0 Å². The zero-order valence-electron chi connectivity index (χ0n) is 7.91. The van der Waals surface area contributed by atoms with Crippen LogP contribution in [-0.4, -0.2) is 9.97 Å². The molecule has 2 aromatic rings. The first kappa shape index (κ1) is 11.9. The molecule has 0 aliphatic heterocycles. The molecule has 0 atom stereocenters. The third-order valence-corrected chi connectivity index (χ3v) is 2.72. The van der Waals surface area contributed by atoms with E-state index in [2.05, 4.69) is 9.97 Å². The normalized spacial score (nSPS) is 12.4. The monoisotopic (exact) mass is 284 g/mol. The third kappa shape index (κ3) is 1.85. The van der Waals surface area contributed by atoms with E-state index in [4.69, 9.17) is 34.8 Å². The number of aromatic amines is 1. The van der Waals surface area contributed by atoms with Crippen LogP contribution in [0.15, 0.2) is 6.07 Å². The lowest BCUT2D eigenvalue weighted by Gasteiger charge is -2.04. The van der Waals surface area contributed by atoms with Gasteiger partial charge in [0.05, 0.1) is 5.52 Å². The van der Waals surface area contributed by atoms with Gasteiger partial charge in [-0.2, -0.15) is 0 Å². The van der Waals surface area contributed by atoms with Crippen molar-refractivity contribution in [1.82, 2.24) is 9.97 Å². The van der Waals surface area contributed by atoms with Crippen LogP contribution >= 0.6 is 34.8 Å². The van der Waals surface area contributed by atoms with Crippen LogP contribution in [0.3, 0.4) is 0 Å². The molecular formula is C9H5Cl3F2N2. The first-order valence-corrected chi connectivity index (χ1v) is 5.35. The predicted molar refractivity (Wildman–Crippen MR) is 60.0 cm³/mol. The van der Waals surface area contributed by atoms with E-state index >= 15 is 0 Å². The van der Waals surface area contributed by atoms with E-state index in [-0.39, 0.29) is 22.4 Å². The third-order valence-electron chi connectivity index (χ3n) is 2.19. The lowest BCUT2D eigenvalue weighted by molar-refractivity contribution is 0.585. The van der Waals surface area contributed by atoms with E-state index in [0.717, 1.165) is 6.07 Å². The summed E-state index contributed by atoms with van der Waals surface area (Å²) < 4.78 is 24.8. The molecule has 7 heteroatoms. The maximum atomic E-state index is 13.4. The van der Waals surface area contributed by atoms with Crippen molar-refractivity contribution in [1.29, 1.82) is 0 Å². The molecule has 0 saturated heterocycles. The van der Waals surface area contributed by atoms with E-state index in [0.29, 0.717) is 0 Å². The molecule has 0 bridgehead atoms. The Bertz CT molecular complexity index is 560. The van der Waals surface area contributed by atoms with Crippen LogP contribution in [0.5, 0.6) is 0 Å². The van der Waals surface area contributed by atoms with Crippen molar-refractivity contribution in [3.8, 4) is 0 Å². The standard InChI is InChI=1S/C9H5Cl3F2N2/c1-3-4(13)2-5(14)7-6(3)15-8(16-7)9(10,11)12/h2H,1H3,(H,15,16). The molecule has 0 aliphatic rings. The summed E-state index contributed by atoms with van der Waals surface area (Å²) in [5, 5.41) is 0. The van der Waals surface area contributed by atoms with Crippen LogP contribution in [0.1, 0.15) is 11.4 Å². The van der Waals surface area contributed by atoms with E-state index < -0.39 is 15.4 Å². The van der Waals surface area contributed by atoms with Gasteiger partial charge >= 0.3 is 0 Å². The number of hydrogen-bond acceptors (Lipinski definition) is 1. The van der Waals surface area contributed by atoms with Crippen molar-refractivity contribution in [2.24, 2.45) is 0 Å². The summed E-state index contributed by atoms with van der Waals surface area (Å²) in [7, 11) is 0. The number of rotatable bonds is 0. The molecule has 1 N–H and O–H groups in total. The topological polar surface area (TPSA) is 28.7 Å². The van der Waals surface area contributed by atoms with Gasteiger partial charge in [-0.15, -0.1) is 0 Å². The number of fused-ring (bicyclic) bond motifs is 1. The van der Waals surface area contributed by atoms with Crippen LogP contribution in [0.4, 0.5) is 8.78 Å².